The van der Waals surface area contributed by atoms with Crippen LogP contribution in [0.2, 0.25) is 0 Å². The van der Waals surface area contributed by atoms with Crippen LogP contribution in [0.3, 0.4) is 0 Å². The molecule has 0 atom stereocenters. The van der Waals surface area contributed by atoms with Gasteiger partial charge in [-0.1, -0.05) is 25.0 Å². The van der Waals surface area contributed by atoms with E-state index in [1.165, 1.54) is 49.7 Å². The molecule has 0 unspecified atom stereocenters. The number of hydrogen-bond acceptors (Lipinski definition) is 2. The quantitative estimate of drug-likeness (QED) is 0.736. The predicted octanol–water partition coefficient (Wildman–Crippen LogP) is 5.92. The minimum absolute atomic E-state index is 0.298. The van der Waals surface area contributed by atoms with E-state index in [-0.39, 0.29) is 0 Å². The first-order valence-electron chi connectivity index (χ1n) is 9.22. The molecular weight excluding hydrogens is 296 g/mol. The number of aromatic hydroxyl groups is 2. The normalized spacial score (nSPS) is 18.2. The molecule has 0 radical (unpaired) electrons. The Hall–Kier alpha value is -1.96. The van der Waals surface area contributed by atoms with Crippen LogP contribution in [0, 0.1) is 13.8 Å². The highest BCUT2D eigenvalue weighted by atomic mass is 16.3. The first-order valence-corrected chi connectivity index (χ1v) is 9.22. The molecule has 0 aromatic heterocycles. The fraction of sp³-hybridized carbons (Fsp3) is 0.455. The third-order valence-electron chi connectivity index (χ3n) is 6.08. The molecular formula is C22H26O2. The molecule has 2 heteroatoms. The Morgan fingerprint density at radius 3 is 1.29 bits per heavy atom. The van der Waals surface area contributed by atoms with E-state index in [1.807, 2.05) is 26.0 Å². The van der Waals surface area contributed by atoms with Crippen molar-refractivity contribution in [1.82, 2.24) is 0 Å². The minimum Gasteiger partial charge on any atom is -0.507 e. The molecule has 0 bridgehead atoms. The molecule has 0 spiro atoms. The van der Waals surface area contributed by atoms with Crippen molar-refractivity contribution < 1.29 is 10.2 Å². The Balaban J connectivity index is 1.78. The fourth-order valence-corrected chi connectivity index (χ4v) is 4.20. The molecule has 0 aliphatic heterocycles. The van der Waals surface area contributed by atoms with Crippen molar-refractivity contribution >= 4 is 0 Å². The second-order valence-corrected chi connectivity index (χ2v) is 7.72. The van der Waals surface area contributed by atoms with E-state index in [0.717, 1.165) is 22.3 Å². The van der Waals surface area contributed by atoms with Gasteiger partial charge < -0.3 is 10.2 Å². The van der Waals surface area contributed by atoms with Gasteiger partial charge in [0.1, 0.15) is 11.5 Å². The van der Waals surface area contributed by atoms with Gasteiger partial charge in [0.25, 0.3) is 0 Å². The van der Waals surface area contributed by atoms with Gasteiger partial charge in [-0.15, -0.1) is 0 Å². The highest BCUT2D eigenvalue weighted by Gasteiger charge is 2.25. The van der Waals surface area contributed by atoms with Crippen LogP contribution in [0.1, 0.15) is 72.6 Å². The van der Waals surface area contributed by atoms with Crippen LogP contribution in [0.5, 0.6) is 11.5 Å². The average molecular weight is 322 g/mol. The maximum absolute atomic E-state index is 10.7. The number of hydrogen-bond donors (Lipinski definition) is 2. The molecule has 2 N–H and O–H groups in total. The van der Waals surface area contributed by atoms with Crippen molar-refractivity contribution in [2.45, 2.75) is 64.2 Å². The van der Waals surface area contributed by atoms with Crippen LogP contribution in [-0.2, 0) is 0 Å². The molecule has 2 nitrogen and oxygen atoms in total. The van der Waals surface area contributed by atoms with Crippen molar-refractivity contribution in [3.63, 3.8) is 0 Å². The van der Waals surface area contributed by atoms with Crippen molar-refractivity contribution in [2.75, 3.05) is 0 Å². The lowest BCUT2D eigenvalue weighted by Gasteiger charge is -2.28. The molecule has 2 aliphatic carbocycles. The maximum Gasteiger partial charge on any atom is 0.124 e. The lowest BCUT2D eigenvalue weighted by atomic mass is 9.77. The summed E-state index contributed by atoms with van der Waals surface area (Å²) >= 11 is 0. The summed E-state index contributed by atoms with van der Waals surface area (Å²) < 4.78 is 0. The van der Waals surface area contributed by atoms with Crippen LogP contribution < -0.4 is 0 Å². The summed E-state index contributed by atoms with van der Waals surface area (Å²) in [5.41, 5.74) is 6.14. The smallest absolute Gasteiger partial charge is 0.124 e. The molecule has 4 rings (SSSR count). The summed E-state index contributed by atoms with van der Waals surface area (Å²) in [6, 6.07) is 8.20. The molecule has 0 saturated heterocycles. The Kier molecular flexibility index (Phi) is 3.79. The molecule has 2 aromatic carbocycles. The maximum atomic E-state index is 10.7. The van der Waals surface area contributed by atoms with Gasteiger partial charge in [-0.05, 0) is 85.8 Å². The van der Waals surface area contributed by atoms with E-state index in [4.69, 9.17) is 0 Å². The van der Waals surface area contributed by atoms with Gasteiger partial charge in [0.05, 0.1) is 0 Å². The largest absolute Gasteiger partial charge is 0.507 e. The highest BCUT2D eigenvalue weighted by molar-refractivity contribution is 5.81. The lowest BCUT2D eigenvalue weighted by Crippen LogP contribution is -2.09. The fourth-order valence-electron chi connectivity index (χ4n) is 4.20. The summed E-state index contributed by atoms with van der Waals surface area (Å²) in [4.78, 5) is 0. The molecule has 2 fully saturated rings. The van der Waals surface area contributed by atoms with Crippen LogP contribution in [0.4, 0.5) is 0 Å². The minimum atomic E-state index is 0.298. The van der Waals surface area contributed by atoms with Crippen molar-refractivity contribution in [3.05, 3.63) is 46.5 Å². The number of phenols is 2. The lowest BCUT2D eigenvalue weighted by molar-refractivity contribution is 0.414. The second-order valence-electron chi connectivity index (χ2n) is 7.72. The Bertz CT molecular complexity index is 669. The standard InChI is InChI=1S/C22H26O2/c1-13-9-17(15-5-3-6-15)11-19(23)21(13)22-14(2)10-18(12-20(22)24)16-7-4-8-16/h9-12,15-16,23-24H,3-8H2,1-2H3. The van der Waals surface area contributed by atoms with Crippen LogP contribution >= 0.6 is 0 Å². The van der Waals surface area contributed by atoms with Gasteiger partial charge in [-0.2, -0.15) is 0 Å². The molecule has 24 heavy (non-hydrogen) atoms. The third kappa shape index (κ3) is 2.49. The molecule has 126 valence electrons. The van der Waals surface area contributed by atoms with E-state index < -0.39 is 0 Å². The van der Waals surface area contributed by atoms with E-state index in [9.17, 15) is 10.2 Å². The Labute approximate surface area is 144 Å². The average Bonchev–Trinajstić information content (AvgIpc) is 2.37. The number of benzene rings is 2. The molecule has 2 aliphatic rings. The first-order chi connectivity index (χ1) is 11.5. The molecule has 0 amide bonds. The van der Waals surface area contributed by atoms with Crippen molar-refractivity contribution in [2.24, 2.45) is 0 Å². The number of rotatable bonds is 3. The van der Waals surface area contributed by atoms with Crippen LogP contribution in [-0.4, -0.2) is 10.2 Å². The van der Waals surface area contributed by atoms with Gasteiger partial charge in [-0.25, -0.2) is 0 Å². The van der Waals surface area contributed by atoms with Gasteiger partial charge in [0, 0.05) is 11.1 Å². The van der Waals surface area contributed by atoms with Gasteiger partial charge in [0.15, 0.2) is 0 Å². The van der Waals surface area contributed by atoms with E-state index in [1.54, 1.807) is 0 Å². The Morgan fingerprint density at radius 2 is 1.04 bits per heavy atom. The first kappa shape index (κ1) is 15.6. The summed E-state index contributed by atoms with van der Waals surface area (Å²) in [6.45, 7) is 4.08. The Morgan fingerprint density at radius 1 is 0.667 bits per heavy atom. The van der Waals surface area contributed by atoms with E-state index in [2.05, 4.69) is 12.1 Å². The molecule has 2 aromatic rings. The second kappa shape index (κ2) is 5.84. The number of aryl methyl sites for hydroxylation is 2. The summed E-state index contributed by atoms with van der Waals surface area (Å²) in [5, 5.41) is 21.3. The van der Waals surface area contributed by atoms with Gasteiger partial charge >= 0.3 is 0 Å². The predicted molar refractivity (Wildman–Crippen MR) is 97.9 cm³/mol. The zero-order valence-corrected chi connectivity index (χ0v) is 14.6. The third-order valence-corrected chi connectivity index (χ3v) is 6.08. The SMILES string of the molecule is Cc1cc(C2CCC2)cc(O)c1-c1c(C)cc(C2CCC2)cc1O. The van der Waals surface area contributed by atoms with Crippen LogP contribution in [0.15, 0.2) is 24.3 Å². The zero-order valence-electron chi connectivity index (χ0n) is 14.6. The van der Waals surface area contributed by atoms with Crippen molar-refractivity contribution in [1.29, 1.82) is 0 Å². The highest BCUT2D eigenvalue weighted by Crippen LogP contribution is 2.46. The summed E-state index contributed by atoms with van der Waals surface area (Å²) in [6.07, 6.45) is 7.46. The van der Waals surface area contributed by atoms with Crippen LogP contribution in [0.25, 0.3) is 11.1 Å². The van der Waals surface area contributed by atoms with Crippen molar-refractivity contribution in [3.8, 4) is 22.6 Å². The van der Waals surface area contributed by atoms with E-state index in [0.29, 0.717) is 23.3 Å². The zero-order chi connectivity index (χ0) is 16.8. The summed E-state index contributed by atoms with van der Waals surface area (Å²) in [5.74, 6) is 1.79. The topological polar surface area (TPSA) is 40.5 Å². The monoisotopic (exact) mass is 322 g/mol. The molecule has 2 saturated carbocycles. The van der Waals surface area contributed by atoms with E-state index >= 15 is 0 Å². The van der Waals surface area contributed by atoms with Gasteiger partial charge in [0.2, 0.25) is 0 Å². The summed E-state index contributed by atoms with van der Waals surface area (Å²) in [7, 11) is 0. The van der Waals surface area contributed by atoms with Gasteiger partial charge in [-0.3, -0.25) is 0 Å². The number of phenolic OH excluding ortho intramolecular Hbond substituents is 2. The molecule has 0 heterocycles.